The van der Waals surface area contributed by atoms with Crippen LogP contribution >= 0.6 is 15.9 Å². The van der Waals surface area contributed by atoms with Gasteiger partial charge in [-0.2, -0.15) is 0 Å². The first-order chi connectivity index (χ1) is 21.0. The molecule has 0 radical (unpaired) electrons. The molecule has 0 fully saturated rings. The van der Waals surface area contributed by atoms with Crippen molar-refractivity contribution in [3.8, 4) is 17.2 Å². The summed E-state index contributed by atoms with van der Waals surface area (Å²) in [4.78, 5) is 37.5. The summed E-state index contributed by atoms with van der Waals surface area (Å²) < 4.78 is 53.7. The molecule has 0 spiro atoms. The molecule has 0 saturated heterocycles. The van der Waals surface area contributed by atoms with E-state index in [1.165, 1.54) is 30.3 Å². The molecule has 0 saturated carbocycles. The lowest BCUT2D eigenvalue weighted by Crippen LogP contribution is -2.39. The number of hydrogen-bond donors (Lipinski definition) is 1. The van der Waals surface area contributed by atoms with Gasteiger partial charge in [0.05, 0.1) is 6.54 Å². The van der Waals surface area contributed by atoms with Gasteiger partial charge in [0.2, 0.25) is 0 Å². The number of alkyl carbamates (subject to hydrolysis) is 1. The molecule has 0 aromatic heterocycles. The predicted molar refractivity (Wildman–Crippen MR) is 167 cm³/mol. The number of amides is 2. The Hall–Kier alpha value is -4.19. The van der Waals surface area contributed by atoms with Crippen molar-refractivity contribution in [1.29, 1.82) is 0 Å². The topological polar surface area (TPSA) is 103 Å². The standard InChI is InChI=1S/C33H37BrF2N2O7/c1-20-24(15-14-23(18-39)27(20)34)43-26-13-9-11-22(29(26)36)17-38(31(41)45-33(5,6)7)19-42-25-12-8-10-21(28(25)35)16-37-30(40)44-32(2,3)4/h8-15,18H,16-17,19H2,1-7H3,(H,37,40). The fourth-order valence-corrected chi connectivity index (χ4v) is 4.31. The molecule has 3 aromatic rings. The number of halogens is 3. The van der Waals surface area contributed by atoms with Gasteiger partial charge >= 0.3 is 12.2 Å². The van der Waals surface area contributed by atoms with Crippen molar-refractivity contribution in [2.75, 3.05) is 6.73 Å². The number of benzene rings is 3. The molecule has 2 amide bonds. The zero-order chi connectivity index (χ0) is 33.5. The van der Waals surface area contributed by atoms with Crippen LogP contribution in [0.4, 0.5) is 18.4 Å². The van der Waals surface area contributed by atoms with Gasteiger partial charge in [-0.1, -0.05) is 24.3 Å². The van der Waals surface area contributed by atoms with Gasteiger partial charge in [-0.3, -0.25) is 9.69 Å². The number of aldehydes is 1. The molecule has 45 heavy (non-hydrogen) atoms. The summed E-state index contributed by atoms with van der Waals surface area (Å²) in [6.07, 6.45) is -0.836. The lowest BCUT2D eigenvalue weighted by molar-refractivity contribution is 0.00679. The van der Waals surface area contributed by atoms with Crippen molar-refractivity contribution in [2.45, 2.75) is 72.8 Å². The number of rotatable bonds is 10. The number of carbonyl (C=O) groups is 3. The van der Waals surface area contributed by atoms with Crippen LogP contribution in [0, 0.1) is 18.6 Å². The van der Waals surface area contributed by atoms with Crippen LogP contribution in [0.3, 0.4) is 0 Å². The molecule has 0 atom stereocenters. The van der Waals surface area contributed by atoms with E-state index in [0.29, 0.717) is 27.6 Å². The van der Waals surface area contributed by atoms with Gasteiger partial charge in [0.25, 0.3) is 0 Å². The first-order valence-corrected chi connectivity index (χ1v) is 14.8. The number of ether oxygens (including phenoxy) is 4. The fourth-order valence-electron chi connectivity index (χ4n) is 3.89. The van der Waals surface area contributed by atoms with Crippen molar-refractivity contribution in [3.05, 3.63) is 86.9 Å². The summed E-state index contributed by atoms with van der Waals surface area (Å²) in [7, 11) is 0. The molecule has 0 heterocycles. The highest BCUT2D eigenvalue weighted by atomic mass is 79.9. The lowest BCUT2D eigenvalue weighted by atomic mass is 10.1. The first kappa shape index (κ1) is 35.3. The summed E-state index contributed by atoms with van der Waals surface area (Å²) in [5.74, 6) is -1.46. The Kier molecular flexibility index (Phi) is 11.5. The molecule has 3 aromatic carbocycles. The van der Waals surface area contributed by atoms with E-state index in [1.807, 2.05) is 0 Å². The van der Waals surface area contributed by atoms with Crippen LogP contribution in [0.2, 0.25) is 0 Å². The third-order valence-electron chi connectivity index (χ3n) is 6.01. The number of nitrogens with zero attached hydrogens (tertiary/aromatic N) is 1. The van der Waals surface area contributed by atoms with Crippen LogP contribution in [0.15, 0.2) is 53.0 Å². The van der Waals surface area contributed by atoms with Crippen LogP contribution in [0.5, 0.6) is 17.2 Å². The number of hydrogen-bond acceptors (Lipinski definition) is 7. The van der Waals surface area contributed by atoms with Crippen molar-refractivity contribution in [1.82, 2.24) is 10.2 Å². The van der Waals surface area contributed by atoms with Gasteiger partial charge < -0.3 is 24.3 Å². The van der Waals surface area contributed by atoms with Crippen molar-refractivity contribution in [2.24, 2.45) is 0 Å². The van der Waals surface area contributed by atoms with Crippen LogP contribution < -0.4 is 14.8 Å². The lowest BCUT2D eigenvalue weighted by Gasteiger charge is -2.28. The second kappa shape index (κ2) is 14.7. The molecular weight excluding hydrogens is 654 g/mol. The smallest absolute Gasteiger partial charge is 0.413 e. The molecule has 12 heteroatoms. The van der Waals surface area contributed by atoms with E-state index in [1.54, 1.807) is 66.7 Å². The van der Waals surface area contributed by atoms with Gasteiger partial charge in [-0.25, -0.2) is 18.4 Å². The van der Waals surface area contributed by atoms with Crippen LogP contribution in [-0.2, 0) is 22.6 Å². The minimum atomic E-state index is -0.879. The zero-order valence-electron chi connectivity index (χ0n) is 26.3. The van der Waals surface area contributed by atoms with Crippen LogP contribution in [0.25, 0.3) is 0 Å². The minimum absolute atomic E-state index is 0.0824. The van der Waals surface area contributed by atoms with Crippen molar-refractivity contribution >= 4 is 34.4 Å². The van der Waals surface area contributed by atoms with Gasteiger partial charge in [0.1, 0.15) is 17.0 Å². The third kappa shape index (κ3) is 10.2. The van der Waals surface area contributed by atoms with E-state index in [-0.39, 0.29) is 35.7 Å². The molecule has 0 aliphatic heterocycles. The average Bonchev–Trinajstić information content (AvgIpc) is 2.93. The predicted octanol–water partition coefficient (Wildman–Crippen LogP) is 8.44. The van der Waals surface area contributed by atoms with Gasteiger partial charge in [-0.15, -0.1) is 0 Å². The Bertz CT molecular complexity index is 1550. The van der Waals surface area contributed by atoms with Gasteiger partial charge in [0, 0.05) is 33.3 Å². The quantitative estimate of drug-likeness (QED) is 0.168. The number of carbonyl (C=O) groups excluding carboxylic acids is 3. The van der Waals surface area contributed by atoms with Crippen LogP contribution in [-0.4, -0.2) is 41.3 Å². The Morgan fingerprint density at radius 2 is 1.47 bits per heavy atom. The highest BCUT2D eigenvalue weighted by Gasteiger charge is 2.25. The normalized spacial score (nSPS) is 11.4. The maximum Gasteiger partial charge on any atom is 0.413 e. The first-order valence-electron chi connectivity index (χ1n) is 14.0. The Balaban J connectivity index is 1.82. The molecule has 0 aliphatic rings. The molecule has 0 unspecified atom stereocenters. The summed E-state index contributed by atoms with van der Waals surface area (Å²) in [5.41, 5.74) is -0.374. The molecule has 9 nitrogen and oxygen atoms in total. The van der Waals surface area contributed by atoms with Crippen molar-refractivity contribution in [3.63, 3.8) is 0 Å². The Labute approximate surface area is 269 Å². The average molecular weight is 692 g/mol. The zero-order valence-corrected chi connectivity index (χ0v) is 27.8. The van der Waals surface area contributed by atoms with E-state index in [4.69, 9.17) is 18.9 Å². The summed E-state index contributed by atoms with van der Waals surface area (Å²) in [5, 5.41) is 2.49. The molecular formula is C33H37BrF2N2O7. The van der Waals surface area contributed by atoms with E-state index in [9.17, 15) is 14.4 Å². The van der Waals surface area contributed by atoms with Gasteiger partial charge in [-0.05, 0) is 88.7 Å². The largest absolute Gasteiger partial charge is 0.470 e. The van der Waals surface area contributed by atoms with Crippen LogP contribution in [0.1, 0.15) is 68.6 Å². The molecule has 0 bridgehead atoms. The molecule has 1 N–H and O–H groups in total. The summed E-state index contributed by atoms with van der Waals surface area (Å²) >= 11 is 3.35. The maximum absolute atomic E-state index is 15.7. The maximum atomic E-state index is 15.7. The summed E-state index contributed by atoms with van der Waals surface area (Å²) in [6.45, 7) is 10.9. The van der Waals surface area contributed by atoms with Gasteiger partial charge in [0.15, 0.2) is 36.2 Å². The van der Waals surface area contributed by atoms with E-state index >= 15 is 8.78 Å². The monoisotopic (exact) mass is 690 g/mol. The fraction of sp³-hybridized carbons (Fsp3) is 0.364. The second-order valence-electron chi connectivity index (χ2n) is 12.1. The molecule has 3 rings (SSSR count). The molecule has 0 aliphatic carbocycles. The molecule has 242 valence electrons. The highest BCUT2D eigenvalue weighted by molar-refractivity contribution is 9.10. The summed E-state index contributed by atoms with van der Waals surface area (Å²) in [6, 6.07) is 11.9. The second-order valence-corrected chi connectivity index (χ2v) is 12.9. The van der Waals surface area contributed by atoms with E-state index in [2.05, 4.69) is 21.2 Å². The Morgan fingerprint density at radius 3 is 2.09 bits per heavy atom. The minimum Gasteiger partial charge on any atom is -0.470 e. The van der Waals surface area contributed by atoms with E-state index in [0.717, 1.165) is 4.90 Å². The highest BCUT2D eigenvalue weighted by Crippen LogP contribution is 2.34. The van der Waals surface area contributed by atoms with Crippen molar-refractivity contribution < 1.29 is 42.1 Å². The SMILES string of the molecule is Cc1c(Oc2cccc(CN(COc3cccc(CNC(=O)OC(C)(C)C)c3F)C(=O)OC(C)(C)C)c2F)ccc(C=O)c1Br. The number of nitrogens with one attached hydrogen (secondary N) is 1. The third-order valence-corrected chi connectivity index (χ3v) is 7.06. The Morgan fingerprint density at radius 1 is 0.867 bits per heavy atom. The van der Waals surface area contributed by atoms with E-state index < -0.39 is 41.8 Å².